The van der Waals surface area contributed by atoms with E-state index in [-0.39, 0.29) is 0 Å². The molecule has 0 saturated carbocycles. The lowest BCUT2D eigenvalue weighted by molar-refractivity contribution is -0.287. The highest BCUT2D eigenvalue weighted by atomic mass is 32.5. The van der Waals surface area contributed by atoms with Crippen LogP contribution >= 0.6 is 14.5 Å². The second-order valence-corrected chi connectivity index (χ2v) is 13.9. The average Bonchev–Trinajstić information content (AvgIpc) is 3.13. The van der Waals surface area contributed by atoms with Gasteiger partial charge in [0.05, 0.1) is 13.2 Å². The maximum absolute atomic E-state index is 13.9. The maximum Gasteiger partial charge on any atom is 0.481 e. The quantitative estimate of drug-likeness (QED) is 0.0829. The average molecular weight is 668 g/mol. The van der Waals surface area contributed by atoms with Gasteiger partial charge in [-0.05, 0) is 18.7 Å². The number of aromatic nitrogens is 2. The molecule has 240 valence electrons. The summed E-state index contributed by atoms with van der Waals surface area (Å²) in [5, 5.41) is 50.0. The van der Waals surface area contributed by atoms with E-state index in [2.05, 4.69) is 15.4 Å². The molecule has 1 aromatic rings. The van der Waals surface area contributed by atoms with Crippen molar-refractivity contribution in [1.29, 1.82) is 0 Å². The number of nitrogens with zero attached hydrogens (tertiary/aromatic N) is 1. The highest BCUT2D eigenvalue weighted by molar-refractivity contribution is 8.08. The Labute approximate surface area is 241 Å². The number of aromatic amines is 1. The number of halogens is 1. The van der Waals surface area contributed by atoms with Gasteiger partial charge in [-0.15, -0.1) is 0 Å². The van der Waals surface area contributed by atoms with E-state index in [1.54, 1.807) is 0 Å². The predicted molar refractivity (Wildman–Crippen MR) is 139 cm³/mol. The van der Waals surface area contributed by atoms with Gasteiger partial charge in [-0.3, -0.25) is 18.9 Å². The van der Waals surface area contributed by atoms with Crippen LogP contribution in [0.2, 0.25) is 0 Å². The third-order valence-corrected chi connectivity index (χ3v) is 10.1. The van der Waals surface area contributed by atoms with Gasteiger partial charge in [0.15, 0.2) is 24.3 Å². The molecule has 2 aliphatic rings. The molecule has 0 amide bonds. The number of phosphoric acid groups is 1. The van der Waals surface area contributed by atoms with Crippen LogP contribution in [0.25, 0.3) is 0 Å². The number of hydrogen-bond acceptors (Lipinski definition) is 15. The summed E-state index contributed by atoms with van der Waals surface area (Å²) in [6, 6.07) is 0.999. The van der Waals surface area contributed by atoms with Crippen molar-refractivity contribution in [3.63, 3.8) is 0 Å². The van der Waals surface area contributed by atoms with E-state index in [1.165, 1.54) is 6.92 Å². The van der Waals surface area contributed by atoms with Gasteiger partial charge in [0.25, 0.3) is 5.56 Å². The Balaban J connectivity index is 1.76. The summed E-state index contributed by atoms with van der Waals surface area (Å²) in [6.45, 7) is -2.01. The van der Waals surface area contributed by atoms with E-state index in [0.717, 1.165) is 30.0 Å². The van der Waals surface area contributed by atoms with Crippen molar-refractivity contribution in [2.75, 3.05) is 20.3 Å². The molecule has 7 unspecified atom stereocenters. The molecule has 0 bridgehead atoms. The van der Waals surface area contributed by atoms with Gasteiger partial charge in [0.1, 0.15) is 36.1 Å². The van der Waals surface area contributed by atoms with Crippen molar-refractivity contribution in [3.05, 3.63) is 45.8 Å². The van der Waals surface area contributed by atoms with Crippen LogP contribution in [0.3, 0.4) is 0 Å². The minimum Gasteiger partial charge on any atom is -0.393 e. The smallest absolute Gasteiger partial charge is 0.393 e. The second-order valence-electron chi connectivity index (χ2n) is 9.50. The van der Waals surface area contributed by atoms with Crippen LogP contribution in [-0.4, -0.2) is 119 Å². The molecule has 18 nitrogen and oxygen atoms in total. The zero-order valence-corrected chi connectivity index (χ0v) is 24.5. The number of phosphoric ester groups is 1. The van der Waals surface area contributed by atoms with Gasteiger partial charge in [-0.1, -0.05) is 12.7 Å². The Hall–Kier alpha value is -1.29. The lowest BCUT2D eigenvalue weighted by Crippen LogP contribution is -2.60. The molecule has 12 atom stereocenters. The van der Waals surface area contributed by atoms with Crippen LogP contribution in [0.4, 0.5) is 4.39 Å². The van der Waals surface area contributed by atoms with Gasteiger partial charge < -0.3 is 54.1 Å². The fraction of sp³-hybridized carbons (Fsp3) is 0.700. The van der Waals surface area contributed by atoms with Crippen LogP contribution in [0.15, 0.2) is 34.5 Å². The summed E-state index contributed by atoms with van der Waals surface area (Å²) < 4.78 is 57.8. The van der Waals surface area contributed by atoms with E-state index in [0.29, 0.717) is 0 Å². The fourth-order valence-corrected chi connectivity index (χ4v) is 7.57. The summed E-state index contributed by atoms with van der Waals surface area (Å²) in [5.74, 6) is 0. The van der Waals surface area contributed by atoms with E-state index in [9.17, 15) is 48.8 Å². The predicted octanol–water partition coefficient (Wildman–Crippen LogP) is -2.74. The first-order valence-corrected chi connectivity index (χ1v) is 16.0. The number of H-pyrrole nitrogens is 1. The van der Waals surface area contributed by atoms with Gasteiger partial charge >= 0.3 is 20.2 Å². The van der Waals surface area contributed by atoms with Crippen molar-refractivity contribution in [2.24, 2.45) is 0 Å². The Bertz CT molecular complexity index is 1350. The van der Waals surface area contributed by atoms with E-state index in [1.807, 2.05) is 4.98 Å². The van der Waals surface area contributed by atoms with Crippen LogP contribution in [0.5, 0.6) is 0 Å². The monoisotopic (exact) mass is 668 g/mol. The minimum atomic E-state index is -5.55. The largest absolute Gasteiger partial charge is 0.481 e. The molecule has 1 aromatic heterocycles. The molecule has 2 aliphatic heterocycles. The van der Waals surface area contributed by atoms with Gasteiger partial charge in [0, 0.05) is 19.4 Å². The molecular weight excluding hydrogens is 637 g/mol. The van der Waals surface area contributed by atoms with Crippen molar-refractivity contribution in [2.45, 2.75) is 67.3 Å². The molecule has 0 spiro atoms. The first kappa shape index (κ1) is 35.2. The highest BCUT2D eigenvalue weighted by Gasteiger charge is 2.62. The number of hydrogen-bond donors (Lipinski definition) is 8. The SMILES string of the molecule is C=C[C@]1(OC)[C@H](n2ccc(=O)[nH]c2=O)O[C@](C)(COP(O)(=S)OP(=O)(O)OC2OC([C@@H](F)CO)C(O)C(O)C2O)[C@H]1O. The van der Waals surface area contributed by atoms with Crippen LogP contribution in [-0.2, 0) is 43.9 Å². The molecule has 3 rings (SSSR count). The van der Waals surface area contributed by atoms with E-state index < -0.39 is 99.4 Å². The number of aliphatic hydroxyl groups is 5. The van der Waals surface area contributed by atoms with E-state index in [4.69, 9.17) is 35.6 Å². The Morgan fingerprint density at radius 1 is 1.26 bits per heavy atom. The maximum atomic E-state index is 13.9. The van der Waals surface area contributed by atoms with Crippen LogP contribution in [0.1, 0.15) is 13.2 Å². The van der Waals surface area contributed by atoms with Gasteiger partial charge in [0.2, 0.25) is 0 Å². The third kappa shape index (κ3) is 7.00. The fourth-order valence-electron chi connectivity index (χ4n) is 4.41. The van der Waals surface area contributed by atoms with Gasteiger partial charge in [-0.25, -0.2) is 18.1 Å². The lowest BCUT2D eigenvalue weighted by atomic mass is 9.87. The number of aliphatic hydroxyl groups excluding tert-OH is 5. The minimum absolute atomic E-state index is 0.721. The topological polar surface area (TPSA) is 269 Å². The molecule has 2 fully saturated rings. The summed E-state index contributed by atoms with van der Waals surface area (Å²) in [6.07, 6.45) is -14.0. The van der Waals surface area contributed by atoms with Crippen molar-refractivity contribution in [1.82, 2.24) is 9.55 Å². The zero-order chi connectivity index (χ0) is 31.8. The molecule has 0 aliphatic carbocycles. The molecule has 42 heavy (non-hydrogen) atoms. The van der Waals surface area contributed by atoms with Gasteiger partial charge in [-0.2, -0.15) is 0 Å². The standard InChI is InChI=1S/C20H31FN2O16P2S/c1-4-20(34-3)16(29)19(2,37-17(20)23-6-5-10(25)22-18(23)30)8-35-41(33,42)39-40(31,32)38-15-13(28)11(26)12(27)14(36-15)9(21)7-24/h4-6,9,11-17,24,26-29H,1,7-8H2,2-3H3,(H,31,32)(H,33,42)(H,22,25,30)/t9-,11?,12?,13?,14?,15?,16+,17+,19+,20+,41?/m0/s1. The van der Waals surface area contributed by atoms with Crippen molar-refractivity contribution in [3.8, 4) is 0 Å². The first-order chi connectivity index (χ1) is 19.4. The Morgan fingerprint density at radius 3 is 2.45 bits per heavy atom. The van der Waals surface area contributed by atoms with E-state index >= 15 is 0 Å². The summed E-state index contributed by atoms with van der Waals surface area (Å²) in [5.41, 5.74) is -5.39. The molecule has 0 aromatic carbocycles. The zero-order valence-electron chi connectivity index (χ0n) is 21.9. The number of nitrogens with one attached hydrogen (secondary N) is 1. The summed E-state index contributed by atoms with van der Waals surface area (Å²) >= 11 is 4.75. The molecule has 22 heteroatoms. The Morgan fingerprint density at radius 2 is 1.90 bits per heavy atom. The third-order valence-electron chi connectivity index (χ3n) is 6.64. The number of alkyl halides is 1. The molecule has 0 radical (unpaired) electrons. The van der Waals surface area contributed by atoms with Crippen molar-refractivity contribution < 1.29 is 71.8 Å². The lowest BCUT2D eigenvalue weighted by Gasteiger charge is -2.41. The molecule has 8 N–H and O–H groups in total. The summed E-state index contributed by atoms with van der Waals surface area (Å²) in [4.78, 5) is 46.6. The first-order valence-electron chi connectivity index (χ1n) is 11.9. The van der Waals surface area contributed by atoms with Crippen LogP contribution < -0.4 is 11.2 Å². The Kier molecular flexibility index (Phi) is 10.9. The number of rotatable bonds is 12. The summed E-state index contributed by atoms with van der Waals surface area (Å²) in [7, 11) is -4.39. The number of ether oxygens (including phenoxy) is 3. The number of methoxy groups -OCH3 is 1. The highest BCUT2D eigenvalue weighted by Crippen LogP contribution is 2.62. The second kappa shape index (κ2) is 13.0. The van der Waals surface area contributed by atoms with Crippen LogP contribution in [0, 0.1) is 0 Å². The normalized spacial score (nSPS) is 38.9. The molecular formula is C20H31FN2O16P2S. The van der Waals surface area contributed by atoms with Crippen molar-refractivity contribution >= 4 is 26.3 Å². The molecule has 3 heterocycles. The molecule has 2 saturated heterocycles.